The van der Waals surface area contributed by atoms with Crippen molar-refractivity contribution < 1.29 is 17.9 Å². The summed E-state index contributed by atoms with van der Waals surface area (Å²) in [6, 6.07) is -0.00323. The van der Waals surface area contributed by atoms with Crippen LogP contribution in [-0.2, 0) is 14.8 Å². The van der Waals surface area contributed by atoms with Crippen molar-refractivity contribution in [2.75, 3.05) is 33.1 Å². The van der Waals surface area contributed by atoms with E-state index in [-0.39, 0.29) is 12.1 Å². The number of hydrogen-bond donors (Lipinski definition) is 2. The zero-order valence-corrected chi connectivity index (χ0v) is 14.1. The van der Waals surface area contributed by atoms with Gasteiger partial charge < -0.3 is 15.0 Å². The molecule has 2 amide bonds. The normalized spacial score (nSPS) is 18.8. The van der Waals surface area contributed by atoms with E-state index < -0.39 is 15.6 Å². The Labute approximate surface area is 127 Å². The molecular weight excluding hydrogens is 294 g/mol. The quantitative estimate of drug-likeness (QED) is 0.747. The van der Waals surface area contributed by atoms with Gasteiger partial charge in [0.15, 0.2) is 0 Å². The van der Waals surface area contributed by atoms with Crippen molar-refractivity contribution in [2.24, 2.45) is 0 Å². The lowest BCUT2D eigenvalue weighted by Crippen LogP contribution is -2.57. The molecule has 0 aromatic heterocycles. The number of urea groups is 1. The Morgan fingerprint density at radius 2 is 1.90 bits per heavy atom. The van der Waals surface area contributed by atoms with Crippen molar-refractivity contribution in [3.05, 3.63) is 0 Å². The number of amides is 2. The third-order valence-electron chi connectivity index (χ3n) is 3.61. The molecule has 1 fully saturated rings. The highest BCUT2D eigenvalue weighted by Crippen LogP contribution is 2.26. The van der Waals surface area contributed by atoms with Gasteiger partial charge in [-0.3, -0.25) is 0 Å². The molecule has 1 aliphatic rings. The first-order chi connectivity index (χ1) is 9.67. The Kier molecular flexibility index (Phi) is 6.42. The second-order valence-corrected chi connectivity index (χ2v) is 7.74. The second-order valence-electron chi connectivity index (χ2n) is 5.99. The van der Waals surface area contributed by atoms with Crippen LogP contribution in [0.25, 0.3) is 0 Å². The number of methoxy groups -OCH3 is 1. The number of nitrogens with one attached hydrogen (secondary N) is 2. The fraction of sp³-hybridized carbons (Fsp3) is 0.923. The number of rotatable bonds is 6. The molecule has 0 saturated carbocycles. The van der Waals surface area contributed by atoms with Crippen LogP contribution in [-0.4, -0.2) is 64.0 Å². The molecule has 0 bridgehead atoms. The lowest BCUT2D eigenvalue weighted by molar-refractivity contribution is 0.115. The molecule has 0 spiro atoms. The third-order valence-corrected chi connectivity index (χ3v) is 4.41. The van der Waals surface area contributed by atoms with Crippen molar-refractivity contribution in [2.45, 2.75) is 44.7 Å². The van der Waals surface area contributed by atoms with E-state index in [1.807, 2.05) is 13.8 Å². The minimum absolute atomic E-state index is 0.0896. The van der Waals surface area contributed by atoms with Crippen molar-refractivity contribution >= 4 is 16.1 Å². The van der Waals surface area contributed by atoms with Crippen LogP contribution >= 0.6 is 0 Å². The first-order valence-electron chi connectivity index (χ1n) is 7.21. The summed E-state index contributed by atoms with van der Waals surface area (Å²) >= 11 is 0. The number of ether oxygens (including phenoxy) is 1. The molecule has 0 aliphatic carbocycles. The Morgan fingerprint density at radius 3 is 2.33 bits per heavy atom. The van der Waals surface area contributed by atoms with Crippen LogP contribution in [0.3, 0.4) is 0 Å². The summed E-state index contributed by atoms with van der Waals surface area (Å²) in [6.45, 7) is 5.38. The lowest BCUT2D eigenvalue weighted by atomic mass is 9.86. The number of likely N-dealkylation sites (tertiary alicyclic amines) is 1. The van der Waals surface area contributed by atoms with E-state index in [1.165, 1.54) is 6.26 Å². The van der Waals surface area contributed by atoms with Crippen molar-refractivity contribution in [3.63, 3.8) is 0 Å². The molecule has 0 atom stereocenters. The molecular formula is C13H27N3O4S. The third kappa shape index (κ3) is 6.19. The predicted octanol–water partition coefficient (Wildman–Crippen LogP) is 0.525. The smallest absolute Gasteiger partial charge is 0.317 e. The van der Waals surface area contributed by atoms with Gasteiger partial charge in [0.2, 0.25) is 10.0 Å². The van der Waals surface area contributed by atoms with Crippen LogP contribution in [0, 0.1) is 0 Å². The van der Waals surface area contributed by atoms with Crippen molar-refractivity contribution in [1.82, 2.24) is 14.9 Å². The van der Waals surface area contributed by atoms with Crippen molar-refractivity contribution in [3.8, 4) is 0 Å². The largest absolute Gasteiger partial charge is 0.385 e. The number of carbonyl (C=O) groups excluding carboxylic acids is 1. The van der Waals surface area contributed by atoms with Crippen LogP contribution in [0.5, 0.6) is 0 Å². The van der Waals surface area contributed by atoms with E-state index in [2.05, 4.69) is 10.0 Å². The van der Waals surface area contributed by atoms with E-state index >= 15 is 0 Å². The molecule has 0 radical (unpaired) electrons. The number of hydrogen-bond acceptors (Lipinski definition) is 4. The molecule has 8 heteroatoms. The first-order valence-corrected chi connectivity index (χ1v) is 9.10. The molecule has 0 aromatic rings. The van der Waals surface area contributed by atoms with Gasteiger partial charge in [0.05, 0.1) is 6.26 Å². The SMILES string of the molecule is COCCC1(NS(C)(=O)=O)CCN(C(=O)NC(C)C)CC1. The standard InChI is InChI=1S/C13H27N3O4S/c1-11(2)14-12(17)16-8-5-13(6-9-16,7-10-20-3)15-21(4,18)19/h11,15H,5-10H2,1-4H3,(H,14,17). The molecule has 1 saturated heterocycles. The Balaban J connectivity index is 2.68. The zero-order valence-electron chi connectivity index (χ0n) is 13.3. The number of sulfonamides is 1. The topological polar surface area (TPSA) is 87.7 Å². The Bertz CT molecular complexity index is 442. The van der Waals surface area contributed by atoms with Gasteiger partial charge in [-0.2, -0.15) is 0 Å². The summed E-state index contributed by atoms with van der Waals surface area (Å²) in [5.74, 6) is 0. The number of nitrogens with zero attached hydrogens (tertiary/aromatic N) is 1. The summed E-state index contributed by atoms with van der Waals surface area (Å²) in [4.78, 5) is 13.7. The van der Waals surface area contributed by atoms with Crippen LogP contribution in [0.4, 0.5) is 4.79 Å². The maximum absolute atomic E-state index is 12.0. The molecule has 7 nitrogen and oxygen atoms in total. The lowest BCUT2D eigenvalue weighted by Gasteiger charge is -2.42. The maximum atomic E-state index is 12.0. The first kappa shape index (κ1) is 18.2. The summed E-state index contributed by atoms with van der Waals surface area (Å²) in [5, 5.41) is 2.85. The molecule has 1 heterocycles. The number of carbonyl (C=O) groups is 1. The van der Waals surface area contributed by atoms with E-state index in [0.717, 1.165) is 0 Å². The highest BCUT2D eigenvalue weighted by atomic mass is 32.2. The maximum Gasteiger partial charge on any atom is 0.317 e. The Morgan fingerprint density at radius 1 is 1.33 bits per heavy atom. The van der Waals surface area contributed by atoms with E-state index in [4.69, 9.17) is 4.74 Å². The zero-order chi connectivity index (χ0) is 16.1. The van der Waals surface area contributed by atoms with Gasteiger partial charge in [-0.1, -0.05) is 0 Å². The molecule has 1 aliphatic heterocycles. The molecule has 2 N–H and O–H groups in total. The highest BCUT2D eigenvalue weighted by Gasteiger charge is 2.37. The minimum Gasteiger partial charge on any atom is -0.385 e. The van der Waals surface area contributed by atoms with Gasteiger partial charge >= 0.3 is 6.03 Å². The van der Waals surface area contributed by atoms with Crippen LogP contribution in [0.15, 0.2) is 0 Å². The van der Waals surface area contributed by atoms with Gasteiger partial charge in [-0.05, 0) is 33.1 Å². The summed E-state index contributed by atoms with van der Waals surface area (Å²) in [5.41, 5.74) is -0.516. The van der Waals surface area contributed by atoms with Crippen LogP contribution in [0.1, 0.15) is 33.1 Å². The summed E-state index contributed by atoms with van der Waals surface area (Å²) in [6.07, 6.45) is 2.96. The summed E-state index contributed by atoms with van der Waals surface area (Å²) in [7, 11) is -1.70. The predicted molar refractivity (Wildman–Crippen MR) is 81.7 cm³/mol. The van der Waals surface area contributed by atoms with Gasteiger partial charge in [0.25, 0.3) is 0 Å². The average molecular weight is 321 g/mol. The van der Waals surface area contributed by atoms with Gasteiger partial charge in [0, 0.05) is 38.4 Å². The molecule has 1 rings (SSSR count). The highest BCUT2D eigenvalue weighted by molar-refractivity contribution is 7.88. The fourth-order valence-corrected chi connectivity index (χ4v) is 3.66. The molecule has 124 valence electrons. The van der Waals surface area contributed by atoms with Gasteiger partial charge in [-0.15, -0.1) is 0 Å². The van der Waals surface area contributed by atoms with Crippen LogP contribution in [0.2, 0.25) is 0 Å². The van der Waals surface area contributed by atoms with Gasteiger partial charge in [-0.25, -0.2) is 17.9 Å². The van der Waals surface area contributed by atoms with Crippen LogP contribution < -0.4 is 10.0 Å². The molecule has 0 aromatic carbocycles. The monoisotopic (exact) mass is 321 g/mol. The Hall–Kier alpha value is -0.860. The fourth-order valence-electron chi connectivity index (χ4n) is 2.57. The summed E-state index contributed by atoms with van der Waals surface area (Å²) < 4.78 is 31.0. The molecule has 0 unspecified atom stereocenters. The van der Waals surface area contributed by atoms with E-state index in [0.29, 0.717) is 39.0 Å². The van der Waals surface area contributed by atoms with Crippen molar-refractivity contribution in [1.29, 1.82) is 0 Å². The van der Waals surface area contributed by atoms with E-state index in [1.54, 1.807) is 12.0 Å². The minimum atomic E-state index is -3.29. The average Bonchev–Trinajstić information content (AvgIpc) is 2.34. The number of piperidine rings is 1. The molecule has 21 heavy (non-hydrogen) atoms. The van der Waals surface area contributed by atoms with Gasteiger partial charge in [0.1, 0.15) is 0 Å². The second kappa shape index (κ2) is 7.42. The van der Waals surface area contributed by atoms with E-state index in [9.17, 15) is 13.2 Å².